The second-order valence-corrected chi connectivity index (χ2v) is 19.6. The quantitative estimate of drug-likeness (QED) is 0.0452. The molecular weight excluding hydrogens is 766 g/mol. The Balaban J connectivity index is 4.22. The predicted molar refractivity (Wildman–Crippen MR) is 272 cm³/mol. The van der Waals surface area contributed by atoms with Crippen LogP contribution in [-0.4, -0.2) is 66.0 Å². The molecule has 0 saturated carbocycles. The molecule has 0 bridgehead atoms. The van der Waals surface area contributed by atoms with E-state index in [2.05, 4.69) is 37.5 Å². The summed E-state index contributed by atoms with van der Waals surface area (Å²) in [7, 11) is 0. The molecule has 0 saturated heterocycles. The minimum absolute atomic E-state index is 0.363. The number of rotatable bonds is 52. The smallest absolute Gasteiger partial charge is 0.222 e. The fraction of sp³-hybridized carbons (Fsp3) is 0.964. The van der Waals surface area contributed by atoms with Gasteiger partial charge in [-0.25, -0.2) is 0 Å². The average Bonchev–Trinajstić information content (AvgIpc) is 3.27. The van der Waals surface area contributed by atoms with E-state index in [0.29, 0.717) is 37.7 Å². The van der Waals surface area contributed by atoms with Crippen molar-refractivity contribution in [3.8, 4) is 0 Å². The zero-order valence-corrected chi connectivity index (χ0v) is 42.9. The summed E-state index contributed by atoms with van der Waals surface area (Å²) in [6.07, 6.45) is 53.2. The SMILES string of the molecule is CCCCCCCCCCN(CCCCCCCCCC)C(=O)CCCCCCCN(F)CCCCCCCC(=O)N(CCCCCCCCCC)CCCCCCCCCC. The summed E-state index contributed by atoms with van der Waals surface area (Å²) < 4.78 is 14.6. The first-order valence-electron chi connectivity index (χ1n) is 28.5. The number of hydrogen-bond acceptors (Lipinski definition) is 3. The minimum Gasteiger partial charge on any atom is -0.343 e. The zero-order chi connectivity index (χ0) is 45.2. The lowest BCUT2D eigenvalue weighted by Gasteiger charge is -2.23. The number of amides is 2. The number of unbranched alkanes of at least 4 members (excludes halogenated alkanes) is 36. The van der Waals surface area contributed by atoms with Crippen molar-refractivity contribution in [2.45, 2.75) is 310 Å². The summed E-state index contributed by atoms with van der Waals surface area (Å²) in [5, 5.41) is 1.02. The molecule has 0 heterocycles. The average molecular weight is 879 g/mol. The Morgan fingerprint density at radius 1 is 0.258 bits per heavy atom. The van der Waals surface area contributed by atoms with Crippen LogP contribution in [0.4, 0.5) is 4.48 Å². The minimum atomic E-state index is 0.363. The maximum atomic E-state index is 14.6. The topological polar surface area (TPSA) is 43.9 Å². The summed E-state index contributed by atoms with van der Waals surface area (Å²) in [5.74, 6) is 0.727. The molecule has 6 heteroatoms. The number of hydrogen-bond donors (Lipinski definition) is 0. The van der Waals surface area contributed by atoms with Gasteiger partial charge in [0.15, 0.2) is 0 Å². The molecule has 0 spiro atoms. The van der Waals surface area contributed by atoms with Crippen LogP contribution in [0.2, 0.25) is 0 Å². The molecular formula is C56H112FN3O2. The molecule has 0 aromatic carbocycles. The van der Waals surface area contributed by atoms with Crippen molar-refractivity contribution in [3.63, 3.8) is 0 Å². The van der Waals surface area contributed by atoms with Crippen LogP contribution in [0.1, 0.15) is 310 Å². The third-order valence-corrected chi connectivity index (χ3v) is 13.4. The maximum Gasteiger partial charge on any atom is 0.222 e. The maximum absolute atomic E-state index is 14.6. The highest BCUT2D eigenvalue weighted by molar-refractivity contribution is 5.76. The van der Waals surface area contributed by atoms with E-state index in [4.69, 9.17) is 0 Å². The Bertz CT molecular complexity index is 792. The molecule has 0 unspecified atom stereocenters. The molecule has 62 heavy (non-hydrogen) atoms. The molecule has 0 aliphatic heterocycles. The molecule has 0 fully saturated rings. The summed E-state index contributed by atoms with van der Waals surface area (Å²) in [5.41, 5.74) is 0. The van der Waals surface area contributed by atoms with Gasteiger partial charge in [0.05, 0.1) is 0 Å². The van der Waals surface area contributed by atoms with Crippen LogP contribution in [-0.2, 0) is 9.59 Å². The van der Waals surface area contributed by atoms with Gasteiger partial charge < -0.3 is 9.80 Å². The summed E-state index contributed by atoms with van der Waals surface area (Å²) in [6, 6.07) is 0. The van der Waals surface area contributed by atoms with Gasteiger partial charge in [0.2, 0.25) is 11.8 Å². The van der Waals surface area contributed by atoms with Crippen LogP contribution in [0, 0.1) is 0 Å². The lowest BCUT2D eigenvalue weighted by molar-refractivity contribution is -0.132. The van der Waals surface area contributed by atoms with E-state index >= 15 is 0 Å². The molecule has 0 aliphatic rings. The lowest BCUT2D eigenvalue weighted by atomic mass is 10.1. The van der Waals surface area contributed by atoms with Gasteiger partial charge in [-0.1, -0.05) is 246 Å². The number of nitrogens with zero attached hydrogens (tertiary/aromatic N) is 3. The number of carbonyl (C=O) groups is 2. The first-order chi connectivity index (χ1) is 30.5. The Hall–Kier alpha value is -1.17. The molecule has 0 radical (unpaired) electrons. The first-order valence-corrected chi connectivity index (χ1v) is 28.5. The molecule has 0 aromatic rings. The molecule has 2 amide bonds. The van der Waals surface area contributed by atoms with Crippen molar-refractivity contribution < 1.29 is 14.1 Å². The largest absolute Gasteiger partial charge is 0.343 e. The van der Waals surface area contributed by atoms with Gasteiger partial charge in [-0.3, -0.25) is 9.59 Å². The van der Waals surface area contributed by atoms with Gasteiger partial charge >= 0.3 is 0 Å². The molecule has 0 N–H and O–H groups in total. The van der Waals surface area contributed by atoms with Gasteiger partial charge in [-0.2, -0.15) is 0 Å². The van der Waals surface area contributed by atoms with Crippen LogP contribution >= 0.6 is 0 Å². The van der Waals surface area contributed by atoms with Crippen LogP contribution in [0.5, 0.6) is 0 Å². The standard InChI is InChI=1S/C56H112FN3O2/c1-5-9-13-17-21-25-33-41-49-58(50-42-34-26-22-18-14-10-6-2)55(61)47-39-31-29-37-45-53-60(57)54-46-38-30-32-40-48-56(62)59(51-43-35-27-23-19-15-11-7-3)52-44-36-28-24-20-16-12-8-4/h5-54H2,1-4H3. The lowest BCUT2D eigenvalue weighted by Crippen LogP contribution is -2.32. The highest BCUT2D eigenvalue weighted by Crippen LogP contribution is 2.17. The summed E-state index contributed by atoms with van der Waals surface area (Å²) in [4.78, 5) is 30.9. The first kappa shape index (κ1) is 60.8. The van der Waals surface area contributed by atoms with Crippen molar-refractivity contribution in [1.29, 1.82) is 0 Å². The van der Waals surface area contributed by atoms with Crippen LogP contribution in [0.3, 0.4) is 0 Å². The second-order valence-electron chi connectivity index (χ2n) is 19.6. The van der Waals surface area contributed by atoms with Crippen molar-refractivity contribution in [2.75, 3.05) is 39.3 Å². The highest BCUT2D eigenvalue weighted by atomic mass is 19.2. The highest BCUT2D eigenvalue weighted by Gasteiger charge is 2.14. The van der Waals surface area contributed by atoms with E-state index < -0.39 is 0 Å². The zero-order valence-electron chi connectivity index (χ0n) is 42.9. The van der Waals surface area contributed by atoms with Gasteiger partial charge in [0.1, 0.15) is 0 Å². The monoisotopic (exact) mass is 878 g/mol. The van der Waals surface area contributed by atoms with Gasteiger partial charge in [-0.05, 0) is 51.4 Å². The second kappa shape index (κ2) is 50.8. The molecule has 0 aromatic heterocycles. The Kier molecular flexibility index (Phi) is 49.9. The Morgan fingerprint density at radius 2 is 0.435 bits per heavy atom. The van der Waals surface area contributed by atoms with Gasteiger partial charge in [0.25, 0.3) is 0 Å². The third kappa shape index (κ3) is 44.1. The van der Waals surface area contributed by atoms with Gasteiger partial charge in [-0.15, -0.1) is 9.60 Å². The summed E-state index contributed by atoms with van der Waals surface area (Å²) >= 11 is 0. The van der Waals surface area contributed by atoms with Gasteiger partial charge in [0, 0.05) is 52.1 Å². The normalized spacial score (nSPS) is 11.6. The van der Waals surface area contributed by atoms with Crippen LogP contribution in [0.25, 0.3) is 0 Å². The molecule has 370 valence electrons. The molecule has 0 aliphatic carbocycles. The van der Waals surface area contributed by atoms with E-state index in [1.165, 1.54) is 180 Å². The van der Waals surface area contributed by atoms with E-state index in [1.807, 2.05) is 0 Å². The van der Waals surface area contributed by atoms with Crippen molar-refractivity contribution in [2.24, 2.45) is 0 Å². The van der Waals surface area contributed by atoms with Crippen LogP contribution < -0.4 is 0 Å². The van der Waals surface area contributed by atoms with Crippen molar-refractivity contribution in [3.05, 3.63) is 0 Å². The van der Waals surface area contributed by atoms with E-state index in [-0.39, 0.29) is 0 Å². The molecule has 0 atom stereocenters. The number of halogens is 1. The predicted octanol–water partition coefficient (Wildman–Crippen LogP) is 18.1. The summed E-state index contributed by atoms with van der Waals surface area (Å²) in [6.45, 7) is 13.9. The third-order valence-electron chi connectivity index (χ3n) is 13.4. The van der Waals surface area contributed by atoms with Crippen molar-refractivity contribution >= 4 is 11.8 Å². The molecule has 5 nitrogen and oxygen atoms in total. The van der Waals surface area contributed by atoms with E-state index in [1.54, 1.807) is 0 Å². The van der Waals surface area contributed by atoms with E-state index in [9.17, 15) is 14.1 Å². The number of carbonyl (C=O) groups excluding carboxylic acids is 2. The van der Waals surface area contributed by atoms with Crippen LogP contribution in [0.15, 0.2) is 0 Å². The fourth-order valence-electron chi connectivity index (χ4n) is 9.08. The molecule has 0 rings (SSSR count). The Morgan fingerprint density at radius 3 is 0.661 bits per heavy atom. The van der Waals surface area contributed by atoms with E-state index in [0.717, 1.165) is 121 Å². The fourth-order valence-corrected chi connectivity index (χ4v) is 9.08. The van der Waals surface area contributed by atoms with Crippen molar-refractivity contribution in [1.82, 2.24) is 14.9 Å². The Labute approximate surface area is 389 Å².